The van der Waals surface area contributed by atoms with E-state index in [0.717, 1.165) is 25.5 Å². The average Bonchev–Trinajstić information content (AvgIpc) is 2.45. The van der Waals surface area contributed by atoms with Crippen LogP contribution < -0.4 is 5.32 Å². The van der Waals surface area contributed by atoms with E-state index >= 15 is 0 Å². The number of halogens is 1. The van der Waals surface area contributed by atoms with E-state index in [9.17, 15) is 14.0 Å². The molecule has 1 aromatic heterocycles. The van der Waals surface area contributed by atoms with Gasteiger partial charge in [-0.1, -0.05) is 12.8 Å². The monoisotopic (exact) mass is 280 g/mol. The molecule has 1 fully saturated rings. The van der Waals surface area contributed by atoms with Gasteiger partial charge in [0.05, 0.1) is 12.1 Å². The smallest absolute Gasteiger partial charge is 0.306 e. The zero-order valence-electron chi connectivity index (χ0n) is 11.0. The van der Waals surface area contributed by atoms with E-state index in [2.05, 4.69) is 10.3 Å². The molecule has 0 bridgehead atoms. The van der Waals surface area contributed by atoms with Gasteiger partial charge in [-0.2, -0.15) is 0 Å². The van der Waals surface area contributed by atoms with Gasteiger partial charge in [-0.25, -0.2) is 9.37 Å². The fraction of sp³-hybridized carbons (Fsp3) is 0.500. The summed E-state index contributed by atoms with van der Waals surface area (Å²) in [5.41, 5.74) is 0.133. The van der Waals surface area contributed by atoms with Crippen molar-refractivity contribution in [2.45, 2.75) is 25.7 Å². The van der Waals surface area contributed by atoms with Gasteiger partial charge in [0.15, 0.2) is 0 Å². The van der Waals surface area contributed by atoms with Gasteiger partial charge in [0, 0.05) is 6.54 Å². The fourth-order valence-corrected chi connectivity index (χ4v) is 2.60. The molecule has 6 heteroatoms. The molecule has 0 aliphatic heterocycles. The predicted octanol–water partition coefficient (Wildman–Crippen LogP) is 1.84. The van der Waals surface area contributed by atoms with Crippen LogP contribution in [0.4, 0.5) is 4.39 Å². The van der Waals surface area contributed by atoms with Gasteiger partial charge in [0.2, 0.25) is 0 Å². The Labute approximate surface area is 116 Å². The number of aliphatic carboxylic acids is 1. The minimum absolute atomic E-state index is 0.0503. The standard InChI is InChI=1S/C14H17FN2O3/c15-10-5-6-12(16-8-10)13(18)17-7-9-3-1-2-4-11(9)14(19)20/h5-6,8-9,11H,1-4,7H2,(H,17,18)(H,19,20). The molecule has 2 N–H and O–H groups in total. The van der Waals surface area contributed by atoms with Crippen molar-refractivity contribution < 1.29 is 19.1 Å². The molecule has 20 heavy (non-hydrogen) atoms. The van der Waals surface area contributed by atoms with Crippen molar-refractivity contribution in [3.63, 3.8) is 0 Å². The van der Waals surface area contributed by atoms with Gasteiger partial charge >= 0.3 is 5.97 Å². The van der Waals surface area contributed by atoms with Crippen LogP contribution in [0, 0.1) is 17.7 Å². The number of nitrogens with one attached hydrogen (secondary N) is 1. The van der Waals surface area contributed by atoms with Gasteiger partial charge in [-0.15, -0.1) is 0 Å². The molecule has 1 aliphatic carbocycles. The molecule has 0 radical (unpaired) electrons. The number of carbonyl (C=O) groups is 2. The summed E-state index contributed by atoms with van der Waals surface area (Å²) in [7, 11) is 0. The number of pyridine rings is 1. The van der Waals surface area contributed by atoms with Crippen LogP contribution in [0.2, 0.25) is 0 Å². The Hall–Kier alpha value is -1.98. The second kappa shape index (κ2) is 6.45. The van der Waals surface area contributed by atoms with E-state index in [-0.39, 0.29) is 11.6 Å². The topological polar surface area (TPSA) is 79.3 Å². The zero-order chi connectivity index (χ0) is 14.5. The molecule has 0 spiro atoms. The Morgan fingerprint density at radius 1 is 1.35 bits per heavy atom. The summed E-state index contributed by atoms with van der Waals surface area (Å²) >= 11 is 0. The van der Waals surface area contributed by atoms with Gasteiger partial charge in [-0.3, -0.25) is 9.59 Å². The molecule has 5 nitrogen and oxygen atoms in total. The van der Waals surface area contributed by atoms with E-state index < -0.39 is 23.6 Å². The maximum absolute atomic E-state index is 12.7. The Morgan fingerprint density at radius 3 is 2.75 bits per heavy atom. The summed E-state index contributed by atoms with van der Waals surface area (Å²) < 4.78 is 12.7. The van der Waals surface area contributed by atoms with Crippen LogP contribution >= 0.6 is 0 Å². The quantitative estimate of drug-likeness (QED) is 0.882. The Morgan fingerprint density at radius 2 is 2.10 bits per heavy atom. The second-order valence-electron chi connectivity index (χ2n) is 5.06. The normalized spacial score (nSPS) is 22.2. The van der Waals surface area contributed by atoms with Crippen molar-refractivity contribution in [2.75, 3.05) is 6.54 Å². The zero-order valence-corrected chi connectivity index (χ0v) is 11.0. The van der Waals surface area contributed by atoms with E-state index in [1.165, 1.54) is 12.1 Å². The van der Waals surface area contributed by atoms with Crippen LogP contribution in [0.25, 0.3) is 0 Å². The van der Waals surface area contributed by atoms with Crippen LogP contribution in [0.1, 0.15) is 36.2 Å². The Bertz CT molecular complexity index is 490. The van der Waals surface area contributed by atoms with E-state index in [1.807, 2.05) is 0 Å². The minimum atomic E-state index is -0.802. The van der Waals surface area contributed by atoms with Crippen molar-refractivity contribution in [3.8, 4) is 0 Å². The fourth-order valence-electron chi connectivity index (χ4n) is 2.60. The first-order chi connectivity index (χ1) is 9.58. The van der Waals surface area contributed by atoms with E-state index in [4.69, 9.17) is 5.11 Å². The first-order valence-electron chi connectivity index (χ1n) is 6.70. The van der Waals surface area contributed by atoms with Crippen LogP contribution in [0.3, 0.4) is 0 Å². The summed E-state index contributed by atoms with van der Waals surface area (Å²) in [6.07, 6.45) is 4.34. The van der Waals surface area contributed by atoms with Crippen LogP contribution in [0.5, 0.6) is 0 Å². The number of rotatable bonds is 4. The third kappa shape index (κ3) is 3.53. The summed E-state index contributed by atoms with van der Waals surface area (Å²) in [4.78, 5) is 26.7. The highest BCUT2D eigenvalue weighted by Crippen LogP contribution is 2.29. The molecule has 1 amide bonds. The number of nitrogens with zero attached hydrogens (tertiary/aromatic N) is 1. The van der Waals surface area contributed by atoms with E-state index in [1.54, 1.807) is 0 Å². The van der Waals surface area contributed by atoms with Crippen molar-refractivity contribution in [1.82, 2.24) is 10.3 Å². The summed E-state index contributed by atoms with van der Waals surface area (Å²) in [6.45, 7) is 0.314. The SMILES string of the molecule is O=C(NCC1CCCCC1C(=O)O)c1ccc(F)cn1. The van der Waals surface area contributed by atoms with Gasteiger partial charge in [0.1, 0.15) is 11.5 Å². The lowest BCUT2D eigenvalue weighted by molar-refractivity contribution is -0.144. The Balaban J connectivity index is 1.91. The highest BCUT2D eigenvalue weighted by atomic mass is 19.1. The van der Waals surface area contributed by atoms with E-state index in [0.29, 0.717) is 13.0 Å². The molecule has 0 saturated heterocycles. The lowest BCUT2D eigenvalue weighted by Crippen LogP contribution is -2.37. The lowest BCUT2D eigenvalue weighted by atomic mass is 9.79. The van der Waals surface area contributed by atoms with Gasteiger partial charge < -0.3 is 10.4 Å². The predicted molar refractivity (Wildman–Crippen MR) is 69.6 cm³/mol. The third-order valence-electron chi connectivity index (χ3n) is 3.71. The number of hydrogen-bond acceptors (Lipinski definition) is 3. The van der Waals surface area contributed by atoms with Crippen molar-refractivity contribution in [1.29, 1.82) is 0 Å². The molecule has 1 aromatic rings. The lowest BCUT2D eigenvalue weighted by Gasteiger charge is -2.28. The summed E-state index contributed by atoms with van der Waals surface area (Å²) in [5, 5.41) is 11.8. The highest BCUT2D eigenvalue weighted by Gasteiger charge is 2.30. The molecule has 108 valence electrons. The van der Waals surface area contributed by atoms with Crippen LogP contribution in [0.15, 0.2) is 18.3 Å². The molecular formula is C14H17FN2O3. The summed E-state index contributed by atoms with van der Waals surface area (Å²) in [6, 6.07) is 2.47. The number of carboxylic acids is 1. The molecule has 1 saturated carbocycles. The largest absolute Gasteiger partial charge is 0.481 e. The highest BCUT2D eigenvalue weighted by molar-refractivity contribution is 5.92. The number of carbonyl (C=O) groups excluding carboxylic acids is 1. The number of carboxylic acid groups (broad SMARTS) is 1. The van der Waals surface area contributed by atoms with Crippen molar-refractivity contribution >= 4 is 11.9 Å². The van der Waals surface area contributed by atoms with Crippen molar-refractivity contribution in [2.24, 2.45) is 11.8 Å². The maximum Gasteiger partial charge on any atom is 0.306 e. The molecule has 1 aliphatic rings. The molecule has 2 rings (SSSR count). The van der Waals surface area contributed by atoms with Crippen LogP contribution in [-0.2, 0) is 4.79 Å². The van der Waals surface area contributed by atoms with Crippen LogP contribution in [-0.4, -0.2) is 28.5 Å². The van der Waals surface area contributed by atoms with Gasteiger partial charge in [-0.05, 0) is 30.9 Å². The molecule has 0 aromatic carbocycles. The minimum Gasteiger partial charge on any atom is -0.481 e. The number of amides is 1. The van der Waals surface area contributed by atoms with Gasteiger partial charge in [0.25, 0.3) is 5.91 Å². The maximum atomic E-state index is 12.7. The Kier molecular flexibility index (Phi) is 4.65. The second-order valence-corrected chi connectivity index (χ2v) is 5.06. The molecular weight excluding hydrogens is 263 g/mol. The third-order valence-corrected chi connectivity index (χ3v) is 3.71. The molecule has 1 heterocycles. The molecule has 2 atom stereocenters. The number of hydrogen-bond donors (Lipinski definition) is 2. The number of aromatic nitrogens is 1. The summed E-state index contributed by atoms with van der Waals surface area (Å²) in [5.74, 6) is -2.15. The molecule has 2 unspecified atom stereocenters. The van der Waals surface area contributed by atoms with Crippen molar-refractivity contribution in [3.05, 3.63) is 29.8 Å². The first-order valence-corrected chi connectivity index (χ1v) is 6.70. The average molecular weight is 280 g/mol. The first kappa shape index (κ1) is 14.4.